The molecule has 0 aliphatic carbocycles. The van der Waals surface area contributed by atoms with Gasteiger partial charge in [0, 0.05) is 16.6 Å². The Morgan fingerprint density at radius 3 is 2.64 bits per heavy atom. The molecule has 0 aromatic carbocycles. The molecule has 0 aromatic heterocycles. The van der Waals surface area contributed by atoms with Gasteiger partial charge in [0.15, 0.2) is 0 Å². The van der Waals surface area contributed by atoms with Crippen LogP contribution in [0.1, 0.15) is 20.8 Å². The Kier molecular flexibility index (Phi) is 1.72. The average molecular weight is 156 g/mol. The molecule has 0 aromatic rings. The minimum Gasteiger partial charge on any atom is -0.758 e. The largest absolute Gasteiger partial charge is 0.758 e. The molecule has 0 bridgehead atoms. The zero-order valence-corrected chi connectivity index (χ0v) is 6.94. The molecule has 0 amide bonds. The van der Waals surface area contributed by atoms with Gasteiger partial charge in [-0.25, -0.2) is 0 Å². The van der Waals surface area contributed by atoms with E-state index in [-0.39, 0.29) is 6.04 Å². The lowest BCUT2D eigenvalue weighted by atomic mass is 9.95. The molecule has 4 nitrogen and oxygen atoms in total. The summed E-state index contributed by atoms with van der Waals surface area (Å²) < 4.78 is 0.800. The Bertz CT molecular complexity index is 210. The topological polar surface area (TPSA) is 46.4 Å². The van der Waals surface area contributed by atoms with Gasteiger partial charge in [0.25, 0.3) is 0 Å². The summed E-state index contributed by atoms with van der Waals surface area (Å²) in [4.78, 5) is 11.0. The van der Waals surface area contributed by atoms with Crippen LogP contribution in [0.3, 0.4) is 0 Å². The van der Waals surface area contributed by atoms with Gasteiger partial charge in [-0.15, -0.1) is 0 Å². The quantitative estimate of drug-likeness (QED) is 0.495. The van der Waals surface area contributed by atoms with Crippen molar-refractivity contribution < 1.29 is 4.76 Å². The number of nitroso groups, excluding NO2 is 1. The summed E-state index contributed by atoms with van der Waals surface area (Å²) in [6.07, 6.45) is 2.51. The van der Waals surface area contributed by atoms with Gasteiger partial charge in [-0.1, -0.05) is 0 Å². The molecule has 0 saturated heterocycles. The van der Waals surface area contributed by atoms with Crippen LogP contribution >= 0.6 is 0 Å². The highest BCUT2D eigenvalue weighted by Gasteiger charge is 2.39. The highest BCUT2D eigenvalue weighted by atomic mass is 16.5. The Morgan fingerprint density at radius 1 is 1.64 bits per heavy atom. The van der Waals surface area contributed by atoms with Crippen LogP contribution in [0.5, 0.6) is 0 Å². The maximum absolute atomic E-state index is 11.1. The summed E-state index contributed by atoms with van der Waals surface area (Å²) in [6.45, 7) is 5.24. The summed E-state index contributed by atoms with van der Waals surface area (Å²) in [5, 5.41) is 11.9. The Labute approximate surface area is 65.6 Å². The second-order valence-electron chi connectivity index (χ2n) is 3.31. The molecule has 11 heavy (non-hydrogen) atoms. The fourth-order valence-electron chi connectivity index (χ4n) is 0.943. The van der Waals surface area contributed by atoms with E-state index in [1.165, 1.54) is 12.4 Å². The standard InChI is InChI=1S/C7H12N2O2/c1-6-7(2,3)9(11)5-4-8(6)10/h4-6H,1-3H3/t6-/m0/s1. The van der Waals surface area contributed by atoms with Crippen molar-refractivity contribution in [1.29, 1.82) is 0 Å². The first-order valence-corrected chi connectivity index (χ1v) is 3.56. The monoisotopic (exact) mass is 156 g/mol. The lowest BCUT2D eigenvalue weighted by Gasteiger charge is -2.44. The van der Waals surface area contributed by atoms with Crippen molar-refractivity contribution in [3.8, 4) is 0 Å². The summed E-state index contributed by atoms with van der Waals surface area (Å²) >= 11 is 0. The molecule has 1 atom stereocenters. The van der Waals surface area contributed by atoms with Crippen LogP contribution in [0, 0.1) is 10.1 Å². The highest BCUT2D eigenvalue weighted by molar-refractivity contribution is 4.97. The maximum atomic E-state index is 11.1. The molecule has 0 saturated carbocycles. The lowest BCUT2D eigenvalue weighted by Crippen LogP contribution is -2.52. The molecular weight excluding hydrogens is 144 g/mol. The van der Waals surface area contributed by atoms with Gasteiger partial charge in [-0.3, -0.25) is 0 Å². The van der Waals surface area contributed by atoms with Crippen LogP contribution in [0.4, 0.5) is 0 Å². The number of nitrogens with zero attached hydrogens (tertiary/aromatic N) is 2. The first-order chi connectivity index (χ1) is 4.96. The van der Waals surface area contributed by atoms with Gasteiger partial charge in [0.05, 0.1) is 11.7 Å². The fraction of sp³-hybridized carbons (Fsp3) is 0.714. The van der Waals surface area contributed by atoms with Crippen molar-refractivity contribution in [2.75, 3.05) is 0 Å². The van der Waals surface area contributed by atoms with E-state index in [4.69, 9.17) is 0 Å². The van der Waals surface area contributed by atoms with E-state index in [9.17, 15) is 10.1 Å². The van der Waals surface area contributed by atoms with Crippen LogP contribution in [0.2, 0.25) is 0 Å². The molecule has 4 heteroatoms. The Balaban J connectivity index is 2.97. The smallest absolute Gasteiger partial charge is 0.236 e. The van der Waals surface area contributed by atoms with E-state index >= 15 is 0 Å². The first-order valence-electron chi connectivity index (χ1n) is 3.56. The zero-order valence-electron chi connectivity index (χ0n) is 6.94. The van der Waals surface area contributed by atoms with Gasteiger partial charge in [-0.05, 0) is 13.8 Å². The molecule has 1 heterocycles. The van der Waals surface area contributed by atoms with Crippen molar-refractivity contribution in [2.24, 2.45) is 0 Å². The van der Waals surface area contributed by atoms with E-state index < -0.39 is 5.54 Å². The van der Waals surface area contributed by atoms with Crippen LogP contribution in [-0.4, -0.2) is 21.4 Å². The number of hydrogen-bond acceptors (Lipinski definition) is 3. The second kappa shape index (κ2) is 2.30. The third-order valence-electron chi connectivity index (χ3n) is 2.32. The zero-order chi connectivity index (χ0) is 8.65. The number of hydrogen-bond donors (Lipinski definition) is 0. The molecule has 62 valence electrons. The average Bonchev–Trinajstić information content (AvgIpc) is 1.95. The first kappa shape index (κ1) is 8.20. The normalized spacial score (nSPS) is 29.3. The van der Waals surface area contributed by atoms with Gasteiger partial charge in [0.2, 0.25) is 12.2 Å². The van der Waals surface area contributed by atoms with Crippen LogP contribution < -0.4 is 0 Å². The van der Waals surface area contributed by atoms with Crippen molar-refractivity contribution in [1.82, 2.24) is 5.06 Å². The summed E-state index contributed by atoms with van der Waals surface area (Å²) in [5.41, 5.74) is -0.628. The summed E-state index contributed by atoms with van der Waals surface area (Å²) in [5.74, 6) is 0. The van der Waals surface area contributed by atoms with E-state index in [2.05, 4.69) is 0 Å². The van der Waals surface area contributed by atoms with Gasteiger partial charge < -0.3 is 10.3 Å². The maximum Gasteiger partial charge on any atom is 0.236 e. The number of rotatable bonds is 0. The van der Waals surface area contributed by atoms with Crippen LogP contribution in [-0.2, 0) is 0 Å². The van der Waals surface area contributed by atoms with Crippen molar-refractivity contribution >= 4 is 0 Å². The van der Waals surface area contributed by atoms with E-state index in [0.717, 1.165) is 9.82 Å². The fourth-order valence-corrected chi connectivity index (χ4v) is 0.943. The molecular formula is C7H12N2O2. The summed E-state index contributed by atoms with van der Waals surface area (Å²) in [6, 6.07) is -0.301. The van der Waals surface area contributed by atoms with E-state index in [1.54, 1.807) is 20.8 Å². The van der Waals surface area contributed by atoms with Crippen LogP contribution in [0.25, 0.3) is 0 Å². The van der Waals surface area contributed by atoms with Crippen LogP contribution in [0.15, 0.2) is 12.4 Å². The SMILES string of the molecule is C[C@@H]1[N+](=O)C=CN([O-])C1(C)C. The molecule has 1 aliphatic heterocycles. The molecule has 0 unspecified atom stereocenters. The second-order valence-corrected chi connectivity index (χ2v) is 3.31. The third kappa shape index (κ3) is 1.14. The van der Waals surface area contributed by atoms with Gasteiger partial charge in [0.1, 0.15) is 0 Å². The van der Waals surface area contributed by atoms with Gasteiger partial charge in [-0.2, -0.15) is 0 Å². The molecule has 0 spiro atoms. The van der Waals surface area contributed by atoms with Crippen molar-refractivity contribution in [3.63, 3.8) is 0 Å². The molecule has 0 fully saturated rings. The van der Waals surface area contributed by atoms with Crippen molar-refractivity contribution in [2.45, 2.75) is 32.4 Å². The molecule has 1 aliphatic rings. The van der Waals surface area contributed by atoms with Crippen molar-refractivity contribution in [3.05, 3.63) is 22.5 Å². The lowest BCUT2D eigenvalue weighted by molar-refractivity contribution is -0.539. The van der Waals surface area contributed by atoms with Gasteiger partial charge >= 0.3 is 0 Å². The highest BCUT2D eigenvalue weighted by Crippen LogP contribution is 2.23. The molecule has 0 radical (unpaired) electrons. The molecule has 1 rings (SSSR count). The minimum atomic E-state index is -0.628. The predicted molar refractivity (Wildman–Crippen MR) is 41.5 cm³/mol. The molecule has 0 N–H and O–H groups in total. The third-order valence-corrected chi connectivity index (χ3v) is 2.32. The minimum absolute atomic E-state index is 0.301. The predicted octanol–water partition coefficient (Wildman–Crippen LogP) is 1.22. The van der Waals surface area contributed by atoms with E-state index in [0.29, 0.717) is 0 Å². The number of hydroxylamine groups is 2. The summed E-state index contributed by atoms with van der Waals surface area (Å²) in [7, 11) is 0. The Morgan fingerprint density at radius 2 is 2.18 bits per heavy atom. The van der Waals surface area contributed by atoms with E-state index in [1.807, 2.05) is 0 Å². The Hall–Kier alpha value is -0.900.